The molecular formula is C38H52O8. The molecule has 11 atom stereocenters. The minimum atomic E-state index is -0.942. The number of carboxylic acid groups (broad SMARTS) is 2. The Bertz CT molecular complexity index is 1480. The SMILES string of the molecule is C=C(C)C1CC[C@]2(C(=O)O)CC[C@]3(C)C(CCC4[C@@]5(C)[C@@H](C(=O)O)[C@H](OC(=O)c6ccc(O)c(OC)c6)C(C)(C)[C@@H]5CC[C@]43C)C12. The zero-order chi connectivity index (χ0) is 33.8. The minimum absolute atomic E-state index is 0.0165. The van der Waals surface area contributed by atoms with Crippen LogP contribution in [-0.4, -0.2) is 46.4 Å². The molecule has 5 aliphatic carbocycles. The number of ether oxygens (including phenoxy) is 2. The van der Waals surface area contributed by atoms with Gasteiger partial charge in [-0.15, -0.1) is 0 Å². The van der Waals surface area contributed by atoms with Gasteiger partial charge in [0.2, 0.25) is 0 Å². The second kappa shape index (κ2) is 10.5. The number of carboxylic acids is 2. The average Bonchev–Trinajstić information content (AvgIpc) is 3.46. The number of phenolic OH excluding ortho intramolecular Hbond substituents is 1. The molecule has 252 valence electrons. The Morgan fingerprint density at radius 3 is 2.20 bits per heavy atom. The Kier molecular flexibility index (Phi) is 7.50. The van der Waals surface area contributed by atoms with Crippen LogP contribution >= 0.6 is 0 Å². The average molecular weight is 637 g/mol. The lowest BCUT2D eigenvalue weighted by Crippen LogP contribution is -2.65. The van der Waals surface area contributed by atoms with Crippen LogP contribution in [0.4, 0.5) is 0 Å². The van der Waals surface area contributed by atoms with E-state index in [1.807, 2.05) is 0 Å². The quantitative estimate of drug-likeness (QED) is 0.215. The standard InChI is InChI=1S/C38H52O8/c1-20(2)22-13-16-38(33(43)44)18-17-35(5)23(28(22)38)10-12-27-36(35,6)15-14-26-34(3,4)30(29(31(40)41)37(26,27)7)46-32(42)21-9-11-24(39)25(19-21)45-8/h9,11,19,22-23,26-30,39H,1,10,12-18H2,2-8H3,(H,40,41)(H,43,44)/t22?,23?,26-,27?,28?,29+,30-,35+,36+,37-,38-/m0/s1. The van der Waals surface area contributed by atoms with Crippen LogP contribution in [0, 0.1) is 62.6 Å². The van der Waals surface area contributed by atoms with Crippen molar-refractivity contribution in [3.63, 3.8) is 0 Å². The first-order chi connectivity index (χ1) is 21.4. The second-order valence-corrected chi connectivity index (χ2v) is 16.9. The maximum Gasteiger partial charge on any atom is 0.338 e. The van der Waals surface area contributed by atoms with Gasteiger partial charge in [0.25, 0.3) is 0 Å². The smallest absolute Gasteiger partial charge is 0.338 e. The van der Waals surface area contributed by atoms with Crippen molar-refractivity contribution in [2.24, 2.45) is 62.6 Å². The molecule has 5 fully saturated rings. The Labute approximate surface area is 272 Å². The third-order valence-electron chi connectivity index (χ3n) is 15.2. The van der Waals surface area contributed by atoms with Crippen molar-refractivity contribution in [2.75, 3.05) is 7.11 Å². The zero-order valence-electron chi connectivity index (χ0n) is 28.5. The zero-order valence-corrected chi connectivity index (χ0v) is 28.5. The number of aliphatic carboxylic acids is 2. The molecule has 0 heterocycles. The van der Waals surface area contributed by atoms with E-state index in [-0.39, 0.29) is 57.5 Å². The van der Waals surface area contributed by atoms with Gasteiger partial charge in [-0.3, -0.25) is 9.59 Å². The van der Waals surface area contributed by atoms with Gasteiger partial charge in [0.15, 0.2) is 11.5 Å². The van der Waals surface area contributed by atoms with E-state index in [0.29, 0.717) is 12.8 Å². The number of benzene rings is 1. The molecular weight excluding hydrogens is 584 g/mol. The number of rotatable bonds is 6. The second-order valence-electron chi connectivity index (χ2n) is 16.9. The van der Waals surface area contributed by atoms with Gasteiger partial charge in [-0.2, -0.15) is 0 Å². The lowest BCUT2D eigenvalue weighted by atomic mass is 9.34. The number of esters is 1. The topological polar surface area (TPSA) is 130 Å². The first-order valence-electron chi connectivity index (χ1n) is 17.1. The first-order valence-corrected chi connectivity index (χ1v) is 17.1. The van der Waals surface area contributed by atoms with Gasteiger partial charge < -0.3 is 24.8 Å². The molecule has 0 spiro atoms. The number of fused-ring (bicyclic) bond motifs is 7. The molecule has 5 saturated carbocycles. The van der Waals surface area contributed by atoms with Gasteiger partial charge >= 0.3 is 17.9 Å². The first kappa shape index (κ1) is 32.9. The number of hydrogen-bond donors (Lipinski definition) is 3. The van der Waals surface area contributed by atoms with E-state index >= 15 is 0 Å². The van der Waals surface area contributed by atoms with E-state index in [4.69, 9.17) is 9.47 Å². The van der Waals surface area contributed by atoms with E-state index in [1.54, 1.807) is 0 Å². The molecule has 0 radical (unpaired) electrons. The molecule has 0 saturated heterocycles. The summed E-state index contributed by atoms with van der Waals surface area (Å²) < 4.78 is 11.4. The summed E-state index contributed by atoms with van der Waals surface area (Å²) in [4.78, 5) is 40.0. The molecule has 8 heteroatoms. The van der Waals surface area contributed by atoms with E-state index in [2.05, 4.69) is 48.1 Å². The molecule has 1 aromatic carbocycles. The largest absolute Gasteiger partial charge is 0.504 e. The number of carbonyl (C=O) groups excluding carboxylic acids is 1. The molecule has 0 amide bonds. The van der Waals surface area contributed by atoms with Gasteiger partial charge in [0.1, 0.15) is 12.0 Å². The highest BCUT2D eigenvalue weighted by atomic mass is 16.5. The summed E-state index contributed by atoms with van der Waals surface area (Å²) in [6.07, 6.45) is 5.63. The molecule has 4 unspecified atom stereocenters. The van der Waals surface area contributed by atoms with Crippen molar-refractivity contribution in [2.45, 2.75) is 99.0 Å². The molecule has 0 aliphatic heterocycles. The number of methoxy groups -OCH3 is 1. The normalized spacial score (nSPS) is 43.8. The summed E-state index contributed by atoms with van der Waals surface area (Å²) in [5.74, 6) is -2.56. The number of allylic oxidation sites excluding steroid dienone is 1. The summed E-state index contributed by atoms with van der Waals surface area (Å²) in [5.41, 5.74) is -1.04. The monoisotopic (exact) mass is 636 g/mol. The fourth-order valence-corrected chi connectivity index (χ4v) is 13.0. The van der Waals surface area contributed by atoms with Crippen molar-refractivity contribution in [1.29, 1.82) is 0 Å². The number of aromatic hydroxyl groups is 1. The summed E-state index contributed by atoms with van der Waals surface area (Å²) in [6.45, 7) is 17.4. The third-order valence-corrected chi connectivity index (χ3v) is 15.2. The fourth-order valence-electron chi connectivity index (χ4n) is 13.0. The maximum absolute atomic E-state index is 13.6. The maximum atomic E-state index is 13.6. The predicted octanol–water partition coefficient (Wildman–Crippen LogP) is 7.59. The number of hydrogen-bond acceptors (Lipinski definition) is 6. The Balaban J connectivity index is 1.39. The number of carbonyl (C=O) groups is 3. The van der Waals surface area contributed by atoms with Gasteiger partial charge in [0.05, 0.1) is 18.1 Å². The molecule has 46 heavy (non-hydrogen) atoms. The highest BCUT2D eigenvalue weighted by Gasteiger charge is 2.76. The number of phenols is 1. The van der Waals surface area contributed by atoms with Crippen molar-refractivity contribution < 1.29 is 39.2 Å². The van der Waals surface area contributed by atoms with Crippen molar-refractivity contribution in [1.82, 2.24) is 0 Å². The highest BCUT2D eigenvalue weighted by molar-refractivity contribution is 5.90. The van der Waals surface area contributed by atoms with Crippen molar-refractivity contribution >= 4 is 17.9 Å². The third kappa shape index (κ3) is 4.06. The molecule has 1 aromatic rings. The summed E-state index contributed by atoms with van der Waals surface area (Å²) in [6, 6.07) is 4.26. The fraction of sp³-hybridized carbons (Fsp3) is 0.711. The Morgan fingerprint density at radius 1 is 0.891 bits per heavy atom. The van der Waals surface area contributed by atoms with Crippen LogP contribution in [-0.2, 0) is 14.3 Å². The van der Waals surface area contributed by atoms with E-state index in [9.17, 15) is 29.7 Å². The van der Waals surface area contributed by atoms with Gasteiger partial charge in [0, 0.05) is 5.41 Å². The lowest BCUT2D eigenvalue weighted by molar-refractivity contribution is -0.228. The Morgan fingerprint density at radius 2 is 1.59 bits per heavy atom. The van der Waals surface area contributed by atoms with Crippen molar-refractivity contribution in [3.05, 3.63) is 35.9 Å². The molecule has 5 aliphatic rings. The van der Waals surface area contributed by atoms with Crippen LogP contribution in [0.2, 0.25) is 0 Å². The molecule has 3 N–H and O–H groups in total. The summed E-state index contributed by atoms with van der Waals surface area (Å²) in [5, 5.41) is 31.7. The lowest BCUT2D eigenvalue weighted by Gasteiger charge is -2.70. The van der Waals surface area contributed by atoms with Crippen molar-refractivity contribution in [3.8, 4) is 11.5 Å². The van der Waals surface area contributed by atoms with E-state index < -0.39 is 46.2 Å². The van der Waals surface area contributed by atoms with Crippen LogP contribution in [0.25, 0.3) is 0 Å². The minimum Gasteiger partial charge on any atom is -0.504 e. The Hall–Kier alpha value is -3.03. The highest BCUT2D eigenvalue weighted by Crippen LogP contribution is 2.79. The van der Waals surface area contributed by atoms with E-state index in [0.717, 1.165) is 44.1 Å². The van der Waals surface area contributed by atoms with Gasteiger partial charge in [-0.25, -0.2) is 4.79 Å². The van der Waals surface area contributed by atoms with Crippen LogP contribution < -0.4 is 4.74 Å². The predicted molar refractivity (Wildman–Crippen MR) is 172 cm³/mol. The van der Waals surface area contributed by atoms with Crippen LogP contribution in [0.3, 0.4) is 0 Å². The molecule has 8 nitrogen and oxygen atoms in total. The van der Waals surface area contributed by atoms with Gasteiger partial charge in [-0.05, 0) is 122 Å². The van der Waals surface area contributed by atoms with Gasteiger partial charge in [-0.1, -0.05) is 46.8 Å². The molecule has 0 aromatic heterocycles. The van der Waals surface area contributed by atoms with Crippen LogP contribution in [0.5, 0.6) is 11.5 Å². The van der Waals surface area contributed by atoms with E-state index in [1.165, 1.54) is 25.3 Å². The van der Waals surface area contributed by atoms with Crippen LogP contribution in [0.15, 0.2) is 30.4 Å². The van der Waals surface area contributed by atoms with Crippen LogP contribution in [0.1, 0.15) is 103 Å². The summed E-state index contributed by atoms with van der Waals surface area (Å²) >= 11 is 0. The molecule has 0 bridgehead atoms. The summed E-state index contributed by atoms with van der Waals surface area (Å²) in [7, 11) is 1.40. The molecule has 6 rings (SSSR count).